The van der Waals surface area contributed by atoms with Crippen molar-refractivity contribution in [2.75, 3.05) is 12.5 Å². The molecule has 0 amide bonds. The number of rotatable bonds is 4. The van der Waals surface area contributed by atoms with E-state index in [1.165, 1.54) is 0 Å². The lowest BCUT2D eigenvalue weighted by Crippen LogP contribution is -2.16. The Morgan fingerprint density at radius 3 is 2.00 bits per heavy atom. The largest absolute Gasteiger partial charge is 0.302 e. The van der Waals surface area contributed by atoms with E-state index in [-0.39, 0.29) is 5.25 Å². The Bertz CT molecular complexity index is 85.1. The molecule has 0 saturated heterocycles. The highest BCUT2D eigenvalue weighted by atomic mass is 32.2. The third kappa shape index (κ3) is 3.16. The molecule has 3 heteroatoms. The van der Waals surface area contributed by atoms with Gasteiger partial charge < -0.3 is 4.79 Å². The van der Waals surface area contributed by atoms with E-state index in [1.54, 1.807) is 23.5 Å². The molecule has 0 heterocycles. The van der Waals surface area contributed by atoms with Gasteiger partial charge in [-0.15, -0.1) is 0 Å². The second kappa shape index (κ2) is 5.18. The number of thioether (sulfide) groups is 2. The highest BCUT2D eigenvalue weighted by Crippen LogP contribution is 2.18. The second-order valence-electron chi connectivity index (χ2n) is 1.78. The summed E-state index contributed by atoms with van der Waals surface area (Å²) in [6, 6.07) is 0. The molecule has 0 aromatic rings. The van der Waals surface area contributed by atoms with Crippen molar-refractivity contribution in [3.63, 3.8) is 0 Å². The van der Waals surface area contributed by atoms with Crippen molar-refractivity contribution < 1.29 is 4.79 Å². The Labute approximate surface area is 65.0 Å². The minimum Gasteiger partial charge on any atom is -0.302 e. The number of carbonyl (C=O) groups excluding carboxylic acids is 1. The normalized spacial score (nSPS) is 16.8. The van der Waals surface area contributed by atoms with Gasteiger partial charge in [-0.05, 0) is 12.5 Å². The number of hydrogen-bond acceptors (Lipinski definition) is 3. The fraction of sp³-hybridized carbons (Fsp3) is 0.833. The third-order valence-corrected chi connectivity index (χ3v) is 3.51. The fourth-order valence-corrected chi connectivity index (χ4v) is 1.99. The van der Waals surface area contributed by atoms with Crippen molar-refractivity contribution >= 4 is 29.8 Å². The van der Waals surface area contributed by atoms with Gasteiger partial charge in [0.25, 0.3) is 0 Å². The molecule has 0 aromatic heterocycles. The first kappa shape index (κ1) is 9.37. The van der Waals surface area contributed by atoms with Crippen LogP contribution in [0.2, 0.25) is 0 Å². The van der Waals surface area contributed by atoms with Crippen LogP contribution in [0.1, 0.15) is 6.92 Å². The van der Waals surface area contributed by atoms with Gasteiger partial charge in [-0.1, -0.05) is 6.92 Å². The molecule has 54 valence electrons. The van der Waals surface area contributed by atoms with Gasteiger partial charge in [0.1, 0.15) is 6.29 Å². The molecule has 0 bridgehead atoms. The summed E-state index contributed by atoms with van der Waals surface area (Å²) in [5.74, 6) is 0. The molecule has 9 heavy (non-hydrogen) atoms. The summed E-state index contributed by atoms with van der Waals surface area (Å²) < 4.78 is 0. The Morgan fingerprint density at radius 2 is 1.89 bits per heavy atom. The van der Waals surface area contributed by atoms with E-state index in [0.717, 1.165) is 6.29 Å². The van der Waals surface area contributed by atoms with E-state index >= 15 is 0 Å². The van der Waals surface area contributed by atoms with Crippen LogP contribution in [0.5, 0.6) is 0 Å². The molecule has 0 rings (SSSR count). The van der Waals surface area contributed by atoms with Crippen molar-refractivity contribution in [2.45, 2.75) is 17.4 Å². The van der Waals surface area contributed by atoms with Crippen LogP contribution >= 0.6 is 23.5 Å². The van der Waals surface area contributed by atoms with Crippen molar-refractivity contribution in [3.8, 4) is 0 Å². The molecule has 0 fully saturated rings. The van der Waals surface area contributed by atoms with Crippen molar-refractivity contribution in [3.05, 3.63) is 0 Å². The van der Waals surface area contributed by atoms with Gasteiger partial charge in [-0.3, -0.25) is 0 Å². The van der Waals surface area contributed by atoms with Crippen LogP contribution in [0.15, 0.2) is 0 Å². The Kier molecular flexibility index (Phi) is 5.39. The molecule has 1 nitrogen and oxygen atoms in total. The van der Waals surface area contributed by atoms with E-state index in [9.17, 15) is 4.79 Å². The molecule has 0 aliphatic carbocycles. The van der Waals surface area contributed by atoms with Crippen LogP contribution in [-0.4, -0.2) is 29.3 Å². The summed E-state index contributed by atoms with van der Waals surface area (Å²) in [6.45, 7) is 2.07. The number of hydrogen-bond donors (Lipinski definition) is 0. The molecule has 0 radical (unpaired) electrons. The molecular formula is C6H12OS2. The van der Waals surface area contributed by atoms with Gasteiger partial charge in [0.05, 0.1) is 5.25 Å². The monoisotopic (exact) mass is 164 g/mol. The van der Waals surface area contributed by atoms with Gasteiger partial charge in [0.15, 0.2) is 0 Å². The molecule has 0 N–H and O–H groups in total. The zero-order chi connectivity index (χ0) is 7.28. The average molecular weight is 164 g/mol. The molecule has 0 aliphatic rings. The van der Waals surface area contributed by atoms with Crippen LogP contribution < -0.4 is 0 Å². The first-order valence-corrected chi connectivity index (χ1v) is 5.34. The van der Waals surface area contributed by atoms with Crippen molar-refractivity contribution in [2.24, 2.45) is 0 Å². The van der Waals surface area contributed by atoms with Gasteiger partial charge >= 0.3 is 0 Å². The van der Waals surface area contributed by atoms with Crippen molar-refractivity contribution in [1.82, 2.24) is 0 Å². The quantitative estimate of drug-likeness (QED) is 0.588. The van der Waals surface area contributed by atoms with Crippen LogP contribution in [0, 0.1) is 0 Å². The van der Waals surface area contributed by atoms with Gasteiger partial charge in [0.2, 0.25) is 0 Å². The maximum absolute atomic E-state index is 10.3. The summed E-state index contributed by atoms with van der Waals surface area (Å²) in [6.07, 6.45) is 5.01. The minimum atomic E-state index is 0.167. The predicted molar refractivity (Wildman–Crippen MR) is 46.3 cm³/mol. The highest BCUT2D eigenvalue weighted by molar-refractivity contribution is 8.03. The topological polar surface area (TPSA) is 17.1 Å². The Morgan fingerprint density at radius 1 is 1.33 bits per heavy atom. The SMILES string of the molecule is CS[C@@H](C=O)[C@@H](C)SC. The summed E-state index contributed by atoms with van der Waals surface area (Å²) in [5, 5.41) is 0.609. The van der Waals surface area contributed by atoms with Crippen molar-refractivity contribution in [1.29, 1.82) is 0 Å². The minimum absolute atomic E-state index is 0.167. The smallest absolute Gasteiger partial charge is 0.134 e. The predicted octanol–water partition coefficient (Wildman–Crippen LogP) is 1.67. The fourth-order valence-electron chi connectivity index (χ4n) is 0.492. The first-order valence-electron chi connectivity index (χ1n) is 2.77. The van der Waals surface area contributed by atoms with E-state index in [0.29, 0.717) is 5.25 Å². The van der Waals surface area contributed by atoms with Gasteiger partial charge in [0, 0.05) is 5.25 Å². The zero-order valence-electron chi connectivity index (χ0n) is 5.96. The number of aldehydes is 1. The molecule has 0 aromatic carbocycles. The molecule has 0 spiro atoms. The lowest BCUT2D eigenvalue weighted by atomic mass is 10.3. The first-order chi connectivity index (χ1) is 4.26. The third-order valence-electron chi connectivity index (χ3n) is 1.24. The summed E-state index contributed by atoms with van der Waals surface area (Å²) in [5.41, 5.74) is 0. The average Bonchev–Trinajstić information content (AvgIpc) is 1.90. The molecule has 0 aliphatic heterocycles. The highest BCUT2D eigenvalue weighted by Gasteiger charge is 2.12. The van der Waals surface area contributed by atoms with E-state index in [1.807, 2.05) is 12.5 Å². The van der Waals surface area contributed by atoms with E-state index < -0.39 is 0 Å². The van der Waals surface area contributed by atoms with Crippen LogP contribution in [-0.2, 0) is 4.79 Å². The van der Waals surface area contributed by atoms with Crippen LogP contribution in [0.4, 0.5) is 0 Å². The Hall–Kier alpha value is 0.370. The van der Waals surface area contributed by atoms with E-state index in [4.69, 9.17) is 0 Å². The summed E-state index contributed by atoms with van der Waals surface area (Å²) in [7, 11) is 0. The molecule has 0 unspecified atom stereocenters. The van der Waals surface area contributed by atoms with E-state index in [2.05, 4.69) is 6.92 Å². The lowest BCUT2D eigenvalue weighted by molar-refractivity contribution is -0.107. The second-order valence-corrected chi connectivity index (χ2v) is 4.01. The maximum Gasteiger partial charge on any atom is 0.134 e. The molecular weight excluding hydrogens is 152 g/mol. The van der Waals surface area contributed by atoms with Gasteiger partial charge in [-0.2, -0.15) is 23.5 Å². The zero-order valence-corrected chi connectivity index (χ0v) is 7.59. The molecule has 2 atom stereocenters. The standard InChI is InChI=1S/C6H12OS2/c1-5(8-2)6(4-7)9-3/h4-6H,1-3H3/t5-,6+/m1/s1. The van der Waals surface area contributed by atoms with Crippen LogP contribution in [0.25, 0.3) is 0 Å². The summed E-state index contributed by atoms with van der Waals surface area (Å²) in [4.78, 5) is 10.3. The van der Waals surface area contributed by atoms with Crippen LogP contribution in [0.3, 0.4) is 0 Å². The molecule has 0 saturated carbocycles. The Balaban J connectivity index is 3.63. The summed E-state index contributed by atoms with van der Waals surface area (Å²) >= 11 is 3.34. The lowest BCUT2D eigenvalue weighted by Gasteiger charge is -2.12. The maximum atomic E-state index is 10.3. The number of carbonyl (C=O) groups is 1. The van der Waals surface area contributed by atoms with Gasteiger partial charge in [-0.25, -0.2) is 0 Å².